The number of fused-ring (bicyclic) bond motifs is 8. The summed E-state index contributed by atoms with van der Waals surface area (Å²) in [6.45, 7) is 12.2. The number of hydrogen-bond acceptors (Lipinski definition) is 8. The highest BCUT2D eigenvalue weighted by molar-refractivity contribution is 5.91. The molecule has 10 heteroatoms. The predicted octanol–water partition coefficient (Wildman–Crippen LogP) is 8.78. The molecule has 8 bridgehead atoms. The zero-order valence-corrected chi connectivity index (χ0v) is 28.4. The summed E-state index contributed by atoms with van der Waals surface area (Å²) in [5, 5.41) is 2.73. The summed E-state index contributed by atoms with van der Waals surface area (Å²) < 4.78 is 17.4. The molecular weight excluding hydrogens is 608 g/mol. The number of nitrogens with zero attached hydrogens (tertiary/aromatic N) is 2. The van der Waals surface area contributed by atoms with E-state index in [0.29, 0.717) is 40.3 Å². The van der Waals surface area contributed by atoms with Crippen LogP contribution in [0.15, 0.2) is 97.1 Å². The number of carbonyl (C=O) groups is 3. The summed E-state index contributed by atoms with van der Waals surface area (Å²) in [4.78, 5) is 39.6. The van der Waals surface area contributed by atoms with E-state index in [-0.39, 0.29) is 0 Å². The number of anilines is 4. The monoisotopic (exact) mass is 650 g/mol. The number of carbonyl (C=O) groups excluding carboxylic acids is 3. The highest BCUT2D eigenvalue weighted by atomic mass is 16.6. The fraction of sp³-hybridized carbons (Fsp3) is 0.289. The number of hydrogen-bond donors (Lipinski definition) is 2. The van der Waals surface area contributed by atoms with Crippen LogP contribution in [0.1, 0.15) is 76.8 Å². The molecule has 0 spiro atoms. The van der Waals surface area contributed by atoms with Crippen LogP contribution in [0.3, 0.4) is 0 Å². The lowest BCUT2D eigenvalue weighted by Crippen LogP contribution is -2.41. The SMILES string of the molecule is CC(=O)OC1c2cccc(c2)NN(C(=O)OC(C)(C)C)c2cccc(c2)Cc2cccc(c2)N(C(=O)OC(C)(C)C)Nc2cccc1c2. The first kappa shape index (κ1) is 33.8. The fourth-order valence-corrected chi connectivity index (χ4v) is 5.19. The van der Waals surface area contributed by atoms with E-state index < -0.39 is 35.5 Å². The molecular formula is C38H42N4O6. The molecule has 250 valence electrons. The highest BCUT2D eigenvalue weighted by Crippen LogP contribution is 2.32. The number of esters is 1. The number of rotatable bonds is 1. The van der Waals surface area contributed by atoms with E-state index >= 15 is 0 Å². The van der Waals surface area contributed by atoms with Crippen molar-refractivity contribution in [3.8, 4) is 0 Å². The lowest BCUT2D eigenvalue weighted by atomic mass is 10.00. The van der Waals surface area contributed by atoms with Gasteiger partial charge in [-0.1, -0.05) is 48.5 Å². The third-order valence-electron chi connectivity index (χ3n) is 7.04. The van der Waals surface area contributed by atoms with Crippen LogP contribution < -0.4 is 20.9 Å². The van der Waals surface area contributed by atoms with E-state index in [1.807, 2.05) is 139 Å². The number of nitrogens with one attached hydrogen (secondary N) is 2. The van der Waals surface area contributed by atoms with Gasteiger partial charge < -0.3 is 14.2 Å². The summed E-state index contributed by atoms with van der Waals surface area (Å²) in [5.41, 5.74) is 10.4. The van der Waals surface area contributed by atoms with Crippen molar-refractivity contribution in [1.29, 1.82) is 0 Å². The standard InChI is InChI=1S/C38H42N4O6/c1-25(43)46-34-28-14-10-16-30(23-28)39-41(35(44)47-37(2,3)4)32-18-8-12-26(21-32)20-27-13-9-19-33(22-27)42(36(45)48-38(5,6)7)40-31-17-11-15-29(34)24-31/h8-19,21-24,34,39-40H,20H2,1-7H3. The van der Waals surface area contributed by atoms with Gasteiger partial charge in [0.05, 0.1) is 22.7 Å². The maximum absolute atomic E-state index is 13.6. The van der Waals surface area contributed by atoms with Crippen molar-refractivity contribution < 1.29 is 28.6 Å². The molecule has 0 fully saturated rings. The zero-order valence-electron chi connectivity index (χ0n) is 28.4. The van der Waals surface area contributed by atoms with Crippen molar-refractivity contribution in [3.63, 3.8) is 0 Å². The van der Waals surface area contributed by atoms with E-state index in [2.05, 4.69) is 10.9 Å². The molecule has 4 aromatic rings. The summed E-state index contributed by atoms with van der Waals surface area (Å²) in [7, 11) is 0. The lowest BCUT2D eigenvalue weighted by Gasteiger charge is -2.29. The molecule has 4 aromatic carbocycles. The Labute approximate surface area is 281 Å². The van der Waals surface area contributed by atoms with E-state index in [1.54, 1.807) is 0 Å². The maximum Gasteiger partial charge on any atom is 0.433 e. The van der Waals surface area contributed by atoms with Crippen LogP contribution in [0, 0.1) is 0 Å². The molecule has 0 saturated heterocycles. The molecule has 2 N–H and O–H groups in total. The Bertz CT molecular complexity index is 1690. The molecule has 0 aromatic heterocycles. The normalized spacial score (nSPS) is 13.6. The molecule has 48 heavy (non-hydrogen) atoms. The summed E-state index contributed by atoms with van der Waals surface area (Å²) in [6, 6.07) is 29.7. The zero-order chi connectivity index (χ0) is 34.6. The second-order valence-electron chi connectivity index (χ2n) is 13.6. The molecule has 1 aliphatic rings. The molecule has 5 rings (SSSR count). The van der Waals surface area contributed by atoms with Crippen molar-refractivity contribution in [2.75, 3.05) is 20.9 Å². The van der Waals surface area contributed by atoms with Crippen LogP contribution in [0.5, 0.6) is 0 Å². The van der Waals surface area contributed by atoms with Crippen molar-refractivity contribution in [1.82, 2.24) is 0 Å². The Balaban J connectivity index is 1.69. The predicted molar refractivity (Wildman–Crippen MR) is 187 cm³/mol. The summed E-state index contributed by atoms with van der Waals surface area (Å²) >= 11 is 0. The minimum Gasteiger partial charge on any atom is -0.453 e. The first-order valence-corrected chi connectivity index (χ1v) is 15.8. The molecule has 1 heterocycles. The Morgan fingerprint density at radius 3 is 1.44 bits per heavy atom. The van der Waals surface area contributed by atoms with Crippen LogP contribution in [-0.4, -0.2) is 29.4 Å². The van der Waals surface area contributed by atoms with Gasteiger partial charge in [0.1, 0.15) is 11.2 Å². The van der Waals surface area contributed by atoms with E-state index in [9.17, 15) is 14.4 Å². The Morgan fingerprint density at radius 1 is 0.625 bits per heavy atom. The molecule has 0 radical (unpaired) electrons. The van der Waals surface area contributed by atoms with Crippen molar-refractivity contribution >= 4 is 40.9 Å². The smallest absolute Gasteiger partial charge is 0.433 e. The summed E-state index contributed by atoms with van der Waals surface area (Å²) in [6.07, 6.45) is -1.47. The number of amides is 2. The molecule has 0 atom stereocenters. The van der Waals surface area contributed by atoms with Gasteiger partial charge in [-0.2, -0.15) is 10.0 Å². The average Bonchev–Trinajstić information content (AvgIpc) is 2.99. The number of ether oxygens (including phenoxy) is 3. The molecule has 0 aliphatic carbocycles. The van der Waals surface area contributed by atoms with Gasteiger partial charge >= 0.3 is 18.2 Å². The van der Waals surface area contributed by atoms with E-state index in [0.717, 1.165) is 11.1 Å². The van der Waals surface area contributed by atoms with Gasteiger partial charge in [0.25, 0.3) is 0 Å². The second-order valence-corrected chi connectivity index (χ2v) is 13.6. The molecule has 2 amide bonds. The number of benzene rings is 4. The van der Waals surface area contributed by atoms with Crippen molar-refractivity contribution in [2.45, 2.75) is 72.2 Å². The minimum absolute atomic E-state index is 0.474. The average molecular weight is 651 g/mol. The van der Waals surface area contributed by atoms with Crippen LogP contribution in [0.4, 0.5) is 32.3 Å². The summed E-state index contributed by atoms with van der Waals surface area (Å²) in [5.74, 6) is -0.474. The third kappa shape index (κ3) is 8.85. The van der Waals surface area contributed by atoms with Gasteiger partial charge in [0.15, 0.2) is 6.10 Å². The van der Waals surface area contributed by atoms with Crippen LogP contribution in [-0.2, 0) is 25.4 Å². The Morgan fingerprint density at radius 2 is 1.04 bits per heavy atom. The molecule has 0 unspecified atom stereocenters. The molecule has 10 nitrogen and oxygen atoms in total. The van der Waals surface area contributed by atoms with E-state index in [4.69, 9.17) is 14.2 Å². The topological polar surface area (TPSA) is 109 Å². The van der Waals surface area contributed by atoms with Gasteiger partial charge in [-0.25, -0.2) is 9.59 Å². The second kappa shape index (κ2) is 13.7. The van der Waals surface area contributed by atoms with Crippen molar-refractivity contribution in [2.24, 2.45) is 0 Å². The third-order valence-corrected chi connectivity index (χ3v) is 7.04. The van der Waals surface area contributed by atoms with Gasteiger partial charge in [-0.15, -0.1) is 0 Å². The van der Waals surface area contributed by atoms with Gasteiger partial charge in [-0.05, 0) is 119 Å². The van der Waals surface area contributed by atoms with E-state index in [1.165, 1.54) is 16.9 Å². The Hall–Kier alpha value is -5.51. The highest BCUT2D eigenvalue weighted by Gasteiger charge is 2.27. The first-order valence-electron chi connectivity index (χ1n) is 15.8. The molecule has 1 aliphatic heterocycles. The fourth-order valence-electron chi connectivity index (χ4n) is 5.19. The van der Waals surface area contributed by atoms with Gasteiger partial charge in [0.2, 0.25) is 0 Å². The van der Waals surface area contributed by atoms with Crippen LogP contribution in [0.25, 0.3) is 0 Å². The lowest BCUT2D eigenvalue weighted by molar-refractivity contribution is -0.144. The molecule has 0 saturated carbocycles. The van der Waals surface area contributed by atoms with Gasteiger partial charge in [0, 0.05) is 6.92 Å². The minimum atomic E-state index is -0.804. The quantitative estimate of drug-likeness (QED) is 0.155. The van der Waals surface area contributed by atoms with Crippen molar-refractivity contribution in [3.05, 3.63) is 119 Å². The van der Waals surface area contributed by atoms with Crippen LogP contribution in [0.2, 0.25) is 0 Å². The Kier molecular flexibility index (Phi) is 9.65. The first-order chi connectivity index (χ1) is 22.6. The van der Waals surface area contributed by atoms with Crippen LogP contribution >= 0.6 is 0 Å². The number of hydrazine groups is 2. The van der Waals surface area contributed by atoms with Gasteiger partial charge in [-0.3, -0.25) is 15.6 Å². The largest absolute Gasteiger partial charge is 0.453 e. The maximum atomic E-state index is 13.6.